The molecule has 0 aliphatic rings. The second-order valence-corrected chi connectivity index (χ2v) is 26.4. The van der Waals surface area contributed by atoms with Crippen LogP contribution in [0, 0.1) is 5.21 Å². The van der Waals surface area contributed by atoms with E-state index in [1.807, 2.05) is 18.2 Å². The number of anilines is 2. The summed E-state index contributed by atoms with van der Waals surface area (Å²) in [5.74, 6) is -0.937. The molecule has 508 valence electrons. The normalized spacial score (nSPS) is 12.4. The Bertz CT molecular complexity index is 5230. The van der Waals surface area contributed by atoms with E-state index in [1.165, 1.54) is 97.1 Å². The zero-order chi connectivity index (χ0) is 70.4. The molecule has 10 aromatic carbocycles. The lowest BCUT2D eigenvalue weighted by molar-refractivity contribution is -0.435. The predicted molar refractivity (Wildman–Crippen MR) is 360 cm³/mol. The quantitative estimate of drug-likeness (QED) is 0.00318. The van der Waals surface area contributed by atoms with Gasteiger partial charge in [-0.1, -0.05) is 98.9 Å². The van der Waals surface area contributed by atoms with E-state index in [0.29, 0.717) is 69.5 Å². The summed E-state index contributed by atoms with van der Waals surface area (Å²) >= 11 is 1.36. The molecule has 0 unspecified atom stereocenters. The maximum atomic E-state index is 13.6. The molecule has 0 bridgehead atoms. The standard InChI is InChI=1S/C62H46N8O23S6/c71-60-50-25-22-43(63-35-87-49-9-5-2-6-10-49)27-41(50)29-54(96-93-90-77)58(60)67-65-45-19-15-36(52(31-45)94-91-88-75)11-13-39-17-21-47(33-56(39)98(81,82)83)69-70(74)48-24-18-37(53(34-48)95-92-89-76)12-14-38-16-20-46(32-55(38)97(78,79)80)66-68-59-57(99(84,85)86)30-42-28-44(23-26-51(42)61(59)72)64-62(73)40-7-3-1-4-8-40/h1-34,63,71-72,75-77H,35H2,(H,64,73)(H,78,79,80)(H,81,82,83)(H,84,85,86)/b13-11+,14-12+,67-65?,68-66?,70-69?. The lowest BCUT2D eigenvalue weighted by Gasteiger charge is -2.12. The number of nitrogens with one attached hydrogen (secondary N) is 2. The Balaban J connectivity index is 0.866. The van der Waals surface area contributed by atoms with Gasteiger partial charge in [-0.15, -0.1) is 23.2 Å². The number of amides is 1. The molecule has 0 atom stereocenters. The molecule has 0 aliphatic heterocycles. The lowest BCUT2D eigenvalue weighted by atomic mass is 10.1. The number of carbonyl (C=O) groups is 1. The number of azo groups is 3. The van der Waals surface area contributed by atoms with Gasteiger partial charge in [0.05, 0.1) is 57.3 Å². The molecule has 0 saturated heterocycles. The Labute approximate surface area is 572 Å². The van der Waals surface area contributed by atoms with Crippen molar-refractivity contribution in [1.82, 2.24) is 0 Å². The fourth-order valence-electron chi connectivity index (χ4n) is 9.29. The van der Waals surface area contributed by atoms with Crippen molar-refractivity contribution in [2.24, 2.45) is 25.6 Å². The van der Waals surface area contributed by atoms with Gasteiger partial charge in [-0.25, -0.2) is 15.8 Å². The van der Waals surface area contributed by atoms with Gasteiger partial charge in [0.25, 0.3) is 36.3 Å². The van der Waals surface area contributed by atoms with E-state index in [9.17, 15) is 59.1 Å². The second-order valence-electron chi connectivity index (χ2n) is 20.0. The topological polar surface area (TPSA) is 458 Å². The maximum absolute atomic E-state index is 13.6. The molecular formula is C62H46N8O23S6. The molecule has 10 aromatic rings. The van der Waals surface area contributed by atoms with Crippen LogP contribution in [0.3, 0.4) is 0 Å². The molecule has 0 aromatic heterocycles. The van der Waals surface area contributed by atoms with Gasteiger partial charge in [0.15, 0.2) is 18.2 Å². The van der Waals surface area contributed by atoms with Crippen molar-refractivity contribution in [1.29, 1.82) is 0 Å². The largest absolute Gasteiger partial charge is 0.594 e. The Morgan fingerprint density at radius 1 is 0.485 bits per heavy atom. The zero-order valence-electron chi connectivity index (χ0n) is 49.7. The lowest BCUT2D eigenvalue weighted by Crippen LogP contribution is -2.11. The molecule has 37 heteroatoms. The molecule has 0 saturated carbocycles. The van der Waals surface area contributed by atoms with Crippen LogP contribution in [0.15, 0.2) is 237 Å². The van der Waals surface area contributed by atoms with E-state index >= 15 is 0 Å². The van der Waals surface area contributed by atoms with Crippen LogP contribution in [-0.4, -0.2) is 82.4 Å². The van der Waals surface area contributed by atoms with E-state index in [0.717, 1.165) is 24.3 Å². The molecule has 0 aliphatic carbocycles. The summed E-state index contributed by atoms with van der Waals surface area (Å²) in [5.41, 5.74) is -0.253. The van der Waals surface area contributed by atoms with E-state index in [1.54, 1.807) is 66.7 Å². The van der Waals surface area contributed by atoms with Crippen LogP contribution < -0.4 is 15.4 Å². The number of carbonyl (C=O) groups excluding carboxylic acids is 1. The fourth-order valence-corrected chi connectivity index (χ4v) is 12.9. The summed E-state index contributed by atoms with van der Waals surface area (Å²) < 4.78 is 127. The number of hydrogen-bond donors (Lipinski definition) is 10. The molecular weight excluding hydrogens is 1420 g/mol. The number of fused-ring (bicyclic) bond motifs is 2. The molecule has 0 spiro atoms. The van der Waals surface area contributed by atoms with Gasteiger partial charge in [0, 0.05) is 49.9 Å². The van der Waals surface area contributed by atoms with Crippen LogP contribution in [0.4, 0.5) is 45.5 Å². The van der Waals surface area contributed by atoms with Gasteiger partial charge in [-0.05, 0) is 148 Å². The first-order chi connectivity index (χ1) is 47.5. The fraction of sp³-hybridized carbons (Fsp3) is 0.0161. The highest BCUT2D eigenvalue weighted by Crippen LogP contribution is 2.46. The van der Waals surface area contributed by atoms with Gasteiger partial charge in [0.2, 0.25) is 5.69 Å². The van der Waals surface area contributed by atoms with Crippen molar-refractivity contribution in [3.63, 3.8) is 0 Å². The first-order valence-corrected chi connectivity index (χ1v) is 34.2. The molecule has 1 amide bonds. The van der Waals surface area contributed by atoms with E-state index in [2.05, 4.69) is 60.0 Å². The maximum Gasteiger partial charge on any atom is 0.296 e. The average Bonchev–Trinajstić information content (AvgIpc) is 0.777. The monoisotopic (exact) mass is 1460 g/mol. The van der Waals surface area contributed by atoms with Crippen LogP contribution in [0.25, 0.3) is 45.8 Å². The number of aromatic hydroxyl groups is 2. The Hall–Kier alpha value is -10.1. The van der Waals surface area contributed by atoms with E-state index < -0.39 is 62.4 Å². The van der Waals surface area contributed by atoms with Gasteiger partial charge < -0.3 is 30.8 Å². The third kappa shape index (κ3) is 18.4. The number of ether oxygens (including phenoxy) is 1. The van der Waals surface area contributed by atoms with E-state index in [4.69, 9.17) is 24.8 Å². The minimum absolute atomic E-state index is 0.000932. The molecule has 99 heavy (non-hydrogen) atoms. The summed E-state index contributed by atoms with van der Waals surface area (Å²) in [5, 5.41) is 102. The number of nitrogens with zero attached hydrogens (tertiary/aromatic N) is 6. The minimum atomic E-state index is -5.13. The predicted octanol–water partition coefficient (Wildman–Crippen LogP) is 16.2. The molecule has 0 fully saturated rings. The average molecular weight is 1460 g/mol. The summed E-state index contributed by atoms with van der Waals surface area (Å²) in [4.78, 5) is 10.8. The summed E-state index contributed by atoms with van der Waals surface area (Å²) in [6.45, 7) is 0.124. The van der Waals surface area contributed by atoms with Gasteiger partial charge in [-0.3, -0.25) is 18.5 Å². The van der Waals surface area contributed by atoms with Gasteiger partial charge in [-0.2, -0.15) is 35.5 Å². The smallest absolute Gasteiger partial charge is 0.296 e. The van der Waals surface area contributed by atoms with Gasteiger partial charge >= 0.3 is 0 Å². The Morgan fingerprint density at radius 2 is 0.960 bits per heavy atom. The number of para-hydroxylation sites is 1. The Kier molecular flexibility index (Phi) is 23.2. The highest BCUT2D eigenvalue weighted by atomic mass is 32.2. The zero-order valence-corrected chi connectivity index (χ0v) is 54.6. The molecule has 10 rings (SSSR count). The van der Waals surface area contributed by atoms with Crippen LogP contribution in [0.5, 0.6) is 17.2 Å². The highest BCUT2D eigenvalue weighted by molar-refractivity contribution is 7.95. The van der Waals surface area contributed by atoms with E-state index in [-0.39, 0.29) is 93.6 Å². The summed E-state index contributed by atoms with van der Waals surface area (Å²) in [6, 6.07) is 43.6. The third-order valence-corrected chi connectivity index (χ3v) is 18.4. The van der Waals surface area contributed by atoms with Crippen molar-refractivity contribution < 1.29 is 107 Å². The van der Waals surface area contributed by atoms with Crippen LogP contribution >= 0.6 is 36.1 Å². The molecule has 0 radical (unpaired) electrons. The summed E-state index contributed by atoms with van der Waals surface area (Å²) in [7, 11) is -15.3. The van der Waals surface area contributed by atoms with Crippen molar-refractivity contribution in [2.75, 3.05) is 17.4 Å². The molecule has 0 heterocycles. The molecule has 31 nitrogen and oxygen atoms in total. The van der Waals surface area contributed by atoms with Crippen LogP contribution in [-0.2, 0) is 58.5 Å². The van der Waals surface area contributed by atoms with Crippen molar-refractivity contribution in [3.8, 4) is 17.2 Å². The van der Waals surface area contributed by atoms with Crippen molar-refractivity contribution >= 4 is 164 Å². The van der Waals surface area contributed by atoms with Gasteiger partial charge in [0.1, 0.15) is 37.5 Å². The SMILES string of the molecule is O=C(Nc1ccc2c(O)c(N=Nc3ccc(/C=C/c4ccc([N+]([O-])=Nc5ccc(/C=C/c6ccc(N=Nc7c(SOOO)cc8cc(NCOc9ccccc9)ccc8c7O)cc6SOOO)c(S(=O)(=O)O)c5)cc4SOOO)c(S(=O)(=O)O)c3)c(S(=O)(=O)O)cc2c1)c1ccccc1. The Morgan fingerprint density at radius 3 is 1.56 bits per heavy atom. The van der Waals surface area contributed by atoms with Crippen molar-refractivity contribution in [2.45, 2.75) is 29.4 Å². The number of hydrogen-bond acceptors (Lipinski definition) is 29. The van der Waals surface area contributed by atoms with Crippen LogP contribution in [0.1, 0.15) is 32.6 Å². The number of rotatable bonds is 28. The first-order valence-electron chi connectivity index (χ1n) is 27.7. The number of benzene rings is 10. The molecule has 10 N–H and O–H groups in total. The summed E-state index contributed by atoms with van der Waals surface area (Å²) in [6.07, 6.45) is 5.14. The number of phenols is 2. The number of phenolic OH excluding ortho intramolecular Hbond substituents is 2. The first kappa shape index (κ1) is 71.7. The van der Waals surface area contributed by atoms with Crippen molar-refractivity contribution in [3.05, 3.63) is 215 Å². The van der Waals surface area contributed by atoms with Crippen LogP contribution in [0.2, 0.25) is 0 Å². The highest BCUT2D eigenvalue weighted by Gasteiger charge is 2.25. The second kappa shape index (κ2) is 32.0. The minimum Gasteiger partial charge on any atom is -0.594 e. The third-order valence-electron chi connectivity index (χ3n) is 13.8.